The van der Waals surface area contributed by atoms with Crippen LogP contribution in [0.4, 0.5) is 0 Å². The first-order valence-corrected chi connectivity index (χ1v) is 8.18. The van der Waals surface area contributed by atoms with E-state index in [4.69, 9.17) is 4.42 Å². The summed E-state index contributed by atoms with van der Waals surface area (Å²) < 4.78 is 5.69. The molecular weight excluding hydrogens is 248 g/mol. The Labute approximate surface area is 122 Å². The van der Waals surface area contributed by atoms with Crippen LogP contribution in [0, 0.1) is 5.41 Å². The van der Waals surface area contributed by atoms with Crippen molar-refractivity contribution in [1.82, 2.24) is 10.2 Å². The van der Waals surface area contributed by atoms with Crippen molar-refractivity contribution in [3.05, 3.63) is 24.2 Å². The Morgan fingerprint density at radius 1 is 1.35 bits per heavy atom. The molecule has 1 aromatic rings. The Morgan fingerprint density at radius 3 is 2.75 bits per heavy atom. The first-order chi connectivity index (χ1) is 9.67. The molecule has 2 heterocycles. The van der Waals surface area contributed by atoms with Crippen molar-refractivity contribution in [1.29, 1.82) is 0 Å². The average molecular weight is 276 g/mol. The summed E-state index contributed by atoms with van der Waals surface area (Å²) in [5.74, 6) is 1.12. The normalized spacial score (nSPS) is 28.0. The summed E-state index contributed by atoms with van der Waals surface area (Å²) in [4.78, 5) is 2.58. The molecule has 112 valence electrons. The van der Waals surface area contributed by atoms with Gasteiger partial charge in [-0.15, -0.1) is 0 Å². The predicted molar refractivity (Wildman–Crippen MR) is 81.7 cm³/mol. The summed E-state index contributed by atoms with van der Waals surface area (Å²) in [6, 6.07) is 5.20. The molecule has 3 nitrogen and oxygen atoms in total. The lowest BCUT2D eigenvalue weighted by Crippen LogP contribution is -2.43. The molecule has 1 saturated carbocycles. The maximum atomic E-state index is 5.69. The van der Waals surface area contributed by atoms with Crippen molar-refractivity contribution in [2.24, 2.45) is 5.41 Å². The van der Waals surface area contributed by atoms with E-state index in [-0.39, 0.29) is 0 Å². The zero-order chi connectivity index (χ0) is 14.0. The molecule has 2 fully saturated rings. The lowest BCUT2D eigenvalue weighted by atomic mass is 9.87. The van der Waals surface area contributed by atoms with Gasteiger partial charge < -0.3 is 9.73 Å². The maximum Gasteiger partial charge on any atom is 0.122 e. The molecule has 1 aliphatic heterocycles. The molecule has 0 amide bonds. The van der Waals surface area contributed by atoms with Crippen LogP contribution in [-0.2, 0) is 0 Å². The fourth-order valence-corrected chi connectivity index (χ4v) is 3.90. The number of rotatable bonds is 5. The molecule has 2 aliphatic rings. The number of nitrogens with one attached hydrogen (secondary N) is 1. The molecule has 20 heavy (non-hydrogen) atoms. The number of hydrogen-bond acceptors (Lipinski definition) is 3. The summed E-state index contributed by atoms with van der Waals surface area (Å²) in [6.07, 6.45) is 8.48. The van der Waals surface area contributed by atoms with Crippen LogP contribution in [-0.4, -0.2) is 30.6 Å². The molecule has 0 aromatic carbocycles. The van der Waals surface area contributed by atoms with Crippen molar-refractivity contribution in [2.75, 3.05) is 19.6 Å². The van der Waals surface area contributed by atoms with Crippen LogP contribution in [0.2, 0.25) is 0 Å². The third-order valence-electron chi connectivity index (χ3n) is 5.27. The van der Waals surface area contributed by atoms with Gasteiger partial charge in [-0.05, 0) is 56.3 Å². The Hall–Kier alpha value is -0.800. The second-order valence-corrected chi connectivity index (χ2v) is 7.12. The third kappa shape index (κ3) is 2.94. The van der Waals surface area contributed by atoms with E-state index in [1.807, 2.05) is 6.07 Å². The van der Waals surface area contributed by atoms with E-state index in [1.165, 1.54) is 45.2 Å². The summed E-state index contributed by atoms with van der Waals surface area (Å²) in [5, 5.41) is 3.84. The SMILES string of the molecule is CC1(C)CCCC1NCC(c1ccco1)N1CCCC1. The zero-order valence-electron chi connectivity index (χ0n) is 12.9. The van der Waals surface area contributed by atoms with E-state index < -0.39 is 0 Å². The maximum absolute atomic E-state index is 5.69. The lowest BCUT2D eigenvalue weighted by molar-refractivity contribution is 0.189. The molecule has 1 aromatic heterocycles. The van der Waals surface area contributed by atoms with Crippen LogP contribution in [0.5, 0.6) is 0 Å². The van der Waals surface area contributed by atoms with Crippen LogP contribution < -0.4 is 5.32 Å². The van der Waals surface area contributed by atoms with E-state index in [2.05, 4.69) is 30.1 Å². The minimum atomic E-state index is 0.406. The van der Waals surface area contributed by atoms with Gasteiger partial charge in [-0.2, -0.15) is 0 Å². The number of likely N-dealkylation sites (tertiary alicyclic amines) is 1. The van der Waals surface area contributed by atoms with Crippen LogP contribution in [0.1, 0.15) is 57.8 Å². The van der Waals surface area contributed by atoms with E-state index >= 15 is 0 Å². The Morgan fingerprint density at radius 2 is 2.15 bits per heavy atom. The van der Waals surface area contributed by atoms with Crippen LogP contribution >= 0.6 is 0 Å². The van der Waals surface area contributed by atoms with E-state index in [1.54, 1.807) is 6.26 Å². The summed E-state index contributed by atoms with van der Waals surface area (Å²) in [6.45, 7) is 8.23. The zero-order valence-corrected chi connectivity index (χ0v) is 12.9. The van der Waals surface area contributed by atoms with Crippen LogP contribution in [0.15, 0.2) is 22.8 Å². The minimum absolute atomic E-state index is 0.406. The highest BCUT2D eigenvalue weighted by Crippen LogP contribution is 2.37. The Balaban J connectivity index is 1.64. The van der Waals surface area contributed by atoms with Crippen LogP contribution in [0.25, 0.3) is 0 Å². The van der Waals surface area contributed by atoms with Gasteiger partial charge in [0.25, 0.3) is 0 Å². The second kappa shape index (κ2) is 5.90. The van der Waals surface area contributed by atoms with Gasteiger partial charge in [-0.3, -0.25) is 4.90 Å². The molecule has 0 spiro atoms. The monoisotopic (exact) mass is 276 g/mol. The molecule has 2 unspecified atom stereocenters. The lowest BCUT2D eigenvalue weighted by Gasteiger charge is -2.32. The number of hydrogen-bond donors (Lipinski definition) is 1. The molecule has 3 heteroatoms. The van der Waals surface area contributed by atoms with Gasteiger partial charge >= 0.3 is 0 Å². The smallest absolute Gasteiger partial charge is 0.122 e. The van der Waals surface area contributed by atoms with E-state index in [0.29, 0.717) is 17.5 Å². The largest absolute Gasteiger partial charge is 0.468 e. The van der Waals surface area contributed by atoms with Gasteiger partial charge in [0, 0.05) is 12.6 Å². The highest BCUT2D eigenvalue weighted by atomic mass is 16.3. The quantitative estimate of drug-likeness (QED) is 0.891. The van der Waals surface area contributed by atoms with Crippen molar-refractivity contribution < 1.29 is 4.42 Å². The molecular formula is C17H28N2O. The highest BCUT2D eigenvalue weighted by molar-refractivity contribution is 5.07. The van der Waals surface area contributed by atoms with Gasteiger partial charge in [0.05, 0.1) is 12.3 Å². The van der Waals surface area contributed by atoms with Crippen LogP contribution in [0.3, 0.4) is 0 Å². The topological polar surface area (TPSA) is 28.4 Å². The average Bonchev–Trinajstić information content (AvgIpc) is 3.13. The molecule has 1 saturated heterocycles. The van der Waals surface area contributed by atoms with E-state index in [9.17, 15) is 0 Å². The molecule has 3 rings (SSSR count). The van der Waals surface area contributed by atoms with Crippen molar-refractivity contribution in [3.8, 4) is 0 Å². The third-order valence-corrected chi connectivity index (χ3v) is 5.27. The van der Waals surface area contributed by atoms with Gasteiger partial charge in [-0.25, -0.2) is 0 Å². The summed E-state index contributed by atoms with van der Waals surface area (Å²) in [7, 11) is 0. The predicted octanol–water partition coefficient (Wildman–Crippen LogP) is 3.58. The molecule has 1 aliphatic carbocycles. The summed E-state index contributed by atoms with van der Waals surface area (Å²) in [5.41, 5.74) is 0.443. The number of furan rings is 1. The second-order valence-electron chi connectivity index (χ2n) is 7.12. The van der Waals surface area contributed by atoms with Gasteiger partial charge in [0.1, 0.15) is 5.76 Å². The molecule has 1 N–H and O–H groups in total. The fourth-order valence-electron chi connectivity index (χ4n) is 3.90. The van der Waals surface area contributed by atoms with Crippen molar-refractivity contribution in [3.63, 3.8) is 0 Å². The van der Waals surface area contributed by atoms with Gasteiger partial charge in [0.2, 0.25) is 0 Å². The fraction of sp³-hybridized carbons (Fsp3) is 0.765. The van der Waals surface area contributed by atoms with Crippen molar-refractivity contribution >= 4 is 0 Å². The first kappa shape index (κ1) is 14.2. The standard InChI is InChI=1S/C17H28N2O/c1-17(2)9-5-8-16(17)18-13-14(15-7-6-12-20-15)19-10-3-4-11-19/h6-7,12,14,16,18H,3-5,8-11,13H2,1-2H3. The van der Waals surface area contributed by atoms with Gasteiger partial charge in [-0.1, -0.05) is 20.3 Å². The highest BCUT2D eigenvalue weighted by Gasteiger charge is 2.35. The van der Waals surface area contributed by atoms with Crippen molar-refractivity contribution in [2.45, 2.75) is 58.0 Å². The molecule has 0 bridgehead atoms. The molecule has 0 radical (unpaired) electrons. The molecule has 2 atom stereocenters. The Kier molecular flexibility index (Phi) is 4.18. The Bertz CT molecular complexity index is 407. The first-order valence-electron chi connectivity index (χ1n) is 8.18. The van der Waals surface area contributed by atoms with Gasteiger partial charge in [0.15, 0.2) is 0 Å². The van der Waals surface area contributed by atoms with E-state index in [0.717, 1.165) is 12.3 Å². The minimum Gasteiger partial charge on any atom is -0.468 e. The summed E-state index contributed by atoms with van der Waals surface area (Å²) >= 11 is 0. The number of nitrogens with zero attached hydrogens (tertiary/aromatic N) is 1.